The number of aliphatic hydroxyl groups excluding tert-OH is 1. The molecule has 1 amide bonds. The number of Topliss-reactive ketones (excluding diaryl/α,β-unsaturated/α-hetero) is 1. The molecule has 6 heteroatoms. The first-order valence-electron chi connectivity index (χ1n) is 10.0. The second kappa shape index (κ2) is 8.44. The van der Waals surface area contributed by atoms with E-state index in [1.54, 1.807) is 54.7 Å². The molecule has 2 aromatic carbocycles. The Morgan fingerprint density at radius 3 is 2.48 bits per heavy atom. The molecule has 0 bridgehead atoms. The van der Waals surface area contributed by atoms with Gasteiger partial charge in [0.2, 0.25) is 0 Å². The Hall–Kier alpha value is -3.93. The number of amides is 1. The lowest BCUT2D eigenvalue weighted by Crippen LogP contribution is -2.29. The summed E-state index contributed by atoms with van der Waals surface area (Å²) in [5.74, 6) is -1.04. The smallest absolute Gasteiger partial charge is 0.300 e. The maximum Gasteiger partial charge on any atom is 0.300 e. The van der Waals surface area contributed by atoms with E-state index in [0.717, 1.165) is 5.56 Å². The molecule has 1 N–H and O–H groups in total. The first kappa shape index (κ1) is 20.3. The third-order valence-corrected chi connectivity index (χ3v) is 5.13. The molecule has 4 rings (SSSR count). The molecule has 1 saturated heterocycles. The summed E-state index contributed by atoms with van der Waals surface area (Å²) in [5, 5.41) is 11.1. The van der Waals surface area contributed by atoms with Crippen LogP contribution in [0.1, 0.15) is 29.8 Å². The average Bonchev–Trinajstić information content (AvgIpc) is 3.05. The van der Waals surface area contributed by atoms with Gasteiger partial charge in [-0.3, -0.25) is 19.5 Å². The molecule has 2 heterocycles. The fourth-order valence-electron chi connectivity index (χ4n) is 3.73. The van der Waals surface area contributed by atoms with Crippen LogP contribution in [0.15, 0.2) is 78.5 Å². The van der Waals surface area contributed by atoms with Crippen LogP contribution in [0.2, 0.25) is 0 Å². The van der Waals surface area contributed by atoms with Crippen molar-refractivity contribution in [2.45, 2.75) is 19.9 Å². The van der Waals surface area contributed by atoms with E-state index in [9.17, 15) is 14.7 Å². The van der Waals surface area contributed by atoms with Gasteiger partial charge >= 0.3 is 0 Å². The summed E-state index contributed by atoms with van der Waals surface area (Å²) in [6.45, 7) is 4.32. The van der Waals surface area contributed by atoms with Gasteiger partial charge in [0, 0.05) is 17.4 Å². The largest absolute Gasteiger partial charge is 0.507 e. The number of hydrogen-bond donors (Lipinski definition) is 1. The summed E-state index contributed by atoms with van der Waals surface area (Å²) in [6.07, 6.45) is 1.60. The summed E-state index contributed by atoms with van der Waals surface area (Å²) < 4.78 is 5.44. The molecule has 3 aromatic rings. The van der Waals surface area contributed by atoms with Gasteiger partial charge in [-0.15, -0.1) is 0 Å². The Morgan fingerprint density at radius 2 is 1.84 bits per heavy atom. The minimum atomic E-state index is -0.838. The summed E-state index contributed by atoms with van der Waals surface area (Å²) >= 11 is 0. The molecule has 0 radical (unpaired) electrons. The Labute approximate surface area is 180 Å². The fourth-order valence-corrected chi connectivity index (χ4v) is 3.73. The van der Waals surface area contributed by atoms with Gasteiger partial charge in [0.25, 0.3) is 11.7 Å². The van der Waals surface area contributed by atoms with E-state index < -0.39 is 17.7 Å². The lowest BCUT2D eigenvalue weighted by molar-refractivity contribution is -0.132. The van der Waals surface area contributed by atoms with Gasteiger partial charge in [0.15, 0.2) is 0 Å². The molecular weight excluding hydrogens is 392 g/mol. The maximum absolute atomic E-state index is 13.1. The van der Waals surface area contributed by atoms with Crippen LogP contribution in [-0.2, 0) is 9.59 Å². The molecular formula is C25H22N2O4. The van der Waals surface area contributed by atoms with Gasteiger partial charge in [0.05, 0.1) is 17.9 Å². The van der Waals surface area contributed by atoms with Crippen molar-refractivity contribution in [2.75, 3.05) is 11.5 Å². The second-order valence-electron chi connectivity index (χ2n) is 7.22. The highest BCUT2D eigenvalue weighted by Crippen LogP contribution is 2.41. The highest BCUT2D eigenvalue weighted by Gasteiger charge is 2.47. The number of pyridine rings is 1. The molecule has 0 spiro atoms. The quantitative estimate of drug-likeness (QED) is 0.380. The van der Waals surface area contributed by atoms with Gasteiger partial charge < -0.3 is 9.84 Å². The SMILES string of the molecule is CCOc1ccc(/C(O)=C2\C(=O)C(=O)N(c3cccc(C)c3)C2c2ccccn2)cc1. The van der Waals surface area contributed by atoms with Gasteiger partial charge in [-0.2, -0.15) is 0 Å². The van der Waals surface area contributed by atoms with Crippen molar-refractivity contribution < 1.29 is 19.4 Å². The van der Waals surface area contributed by atoms with E-state index in [-0.39, 0.29) is 11.3 Å². The molecule has 0 saturated carbocycles. The monoisotopic (exact) mass is 414 g/mol. The number of nitrogens with zero attached hydrogens (tertiary/aromatic N) is 2. The number of aromatic nitrogens is 1. The third-order valence-electron chi connectivity index (χ3n) is 5.13. The molecule has 1 aromatic heterocycles. The number of hydrogen-bond acceptors (Lipinski definition) is 5. The zero-order valence-electron chi connectivity index (χ0n) is 17.3. The number of aryl methyl sites for hydroxylation is 1. The van der Waals surface area contributed by atoms with Gasteiger partial charge in [0.1, 0.15) is 17.6 Å². The zero-order valence-corrected chi connectivity index (χ0v) is 17.3. The Kier molecular flexibility index (Phi) is 5.54. The molecule has 1 aliphatic heterocycles. The highest BCUT2D eigenvalue weighted by molar-refractivity contribution is 6.51. The van der Waals surface area contributed by atoms with Crippen LogP contribution in [0.5, 0.6) is 5.75 Å². The summed E-state index contributed by atoms with van der Waals surface area (Å²) in [4.78, 5) is 31.9. The number of benzene rings is 2. The molecule has 1 aliphatic rings. The number of anilines is 1. The van der Waals surface area contributed by atoms with Crippen LogP contribution in [-0.4, -0.2) is 28.4 Å². The number of carbonyl (C=O) groups is 2. The summed E-state index contributed by atoms with van der Waals surface area (Å²) in [7, 11) is 0. The maximum atomic E-state index is 13.1. The predicted octanol–water partition coefficient (Wildman–Crippen LogP) is 4.42. The van der Waals surface area contributed by atoms with E-state index in [4.69, 9.17) is 4.74 Å². The van der Waals surface area contributed by atoms with Crippen molar-refractivity contribution in [1.82, 2.24) is 4.98 Å². The van der Waals surface area contributed by atoms with Gasteiger partial charge in [-0.1, -0.05) is 18.2 Å². The molecule has 6 nitrogen and oxygen atoms in total. The number of carbonyl (C=O) groups excluding carboxylic acids is 2. The fraction of sp³-hybridized carbons (Fsp3) is 0.160. The first-order valence-corrected chi connectivity index (χ1v) is 10.0. The molecule has 1 unspecified atom stereocenters. The lowest BCUT2D eigenvalue weighted by atomic mass is 9.98. The summed E-state index contributed by atoms with van der Waals surface area (Å²) in [6, 6.07) is 18.5. The van der Waals surface area contributed by atoms with Crippen molar-refractivity contribution in [3.05, 3.63) is 95.3 Å². The number of rotatable bonds is 5. The van der Waals surface area contributed by atoms with E-state index in [2.05, 4.69) is 4.98 Å². The highest BCUT2D eigenvalue weighted by atomic mass is 16.5. The molecule has 156 valence electrons. The molecule has 1 atom stereocenters. The first-order chi connectivity index (χ1) is 15.0. The van der Waals surface area contributed by atoms with Crippen LogP contribution in [0.4, 0.5) is 5.69 Å². The van der Waals surface area contributed by atoms with E-state index in [1.807, 2.05) is 32.0 Å². The van der Waals surface area contributed by atoms with Crippen molar-refractivity contribution in [3.8, 4) is 5.75 Å². The van der Waals surface area contributed by atoms with E-state index >= 15 is 0 Å². The third kappa shape index (κ3) is 3.80. The second-order valence-corrected chi connectivity index (χ2v) is 7.22. The lowest BCUT2D eigenvalue weighted by Gasteiger charge is -2.24. The molecule has 1 fully saturated rings. The van der Waals surface area contributed by atoms with Crippen LogP contribution < -0.4 is 9.64 Å². The van der Waals surface area contributed by atoms with Crippen LogP contribution in [0.3, 0.4) is 0 Å². The van der Waals surface area contributed by atoms with Crippen molar-refractivity contribution in [1.29, 1.82) is 0 Å². The predicted molar refractivity (Wildman–Crippen MR) is 118 cm³/mol. The number of aliphatic hydroxyl groups is 1. The molecule has 31 heavy (non-hydrogen) atoms. The molecule has 0 aliphatic carbocycles. The van der Waals surface area contributed by atoms with Crippen LogP contribution >= 0.6 is 0 Å². The standard InChI is InChI=1S/C25H22N2O4/c1-3-31-19-12-10-17(11-13-19)23(28)21-22(20-9-4-5-14-26-20)27(25(30)24(21)29)18-8-6-7-16(2)15-18/h4-15,22,28H,3H2,1-2H3/b23-21+. The summed E-state index contributed by atoms with van der Waals surface area (Å²) in [5.41, 5.74) is 2.45. The minimum Gasteiger partial charge on any atom is -0.507 e. The van der Waals surface area contributed by atoms with Crippen molar-refractivity contribution >= 4 is 23.1 Å². The topological polar surface area (TPSA) is 79.7 Å². The van der Waals surface area contributed by atoms with E-state index in [1.165, 1.54) is 4.90 Å². The normalized spacial score (nSPS) is 17.7. The zero-order chi connectivity index (χ0) is 22.0. The van der Waals surface area contributed by atoms with Crippen molar-refractivity contribution in [2.24, 2.45) is 0 Å². The van der Waals surface area contributed by atoms with E-state index in [0.29, 0.717) is 29.3 Å². The Bertz CT molecular complexity index is 1150. The van der Waals surface area contributed by atoms with Gasteiger partial charge in [-0.05, 0) is 67.9 Å². The Balaban J connectivity index is 1.88. The van der Waals surface area contributed by atoms with Gasteiger partial charge in [-0.25, -0.2) is 0 Å². The van der Waals surface area contributed by atoms with Crippen molar-refractivity contribution in [3.63, 3.8) is 0 Å². The van der Waals surface area contributed by atoms with Crippen LogP contribution in [0.25, 0.3) is 5.76 Å². The minimum absolute atomic E-state index is 0.00867. The average molecular weight is 414 g/mol. The number of ether oxygens (including phenoxy) is 1. The number of ketones is 1. The van der Waals surface area contributed by atoms with Crippen LogP contribution in [0, 0.1) is 6.92 Å². The Morgan fingerprint density at radius 1 is 1.06 bits per heavy atom.